The van der Waals surface area contributed by atoms with E-state index in [-0.39, 0.29) is 28.7 Å². The van der Waals surface area contributed by atoms with Gasteiger partial charge in [-0.25, -0.2) is 0 Å². The summed E-state index contributed by atoms with van der Waals surface area (Å²) in [4.78, 5) is 65.5. The van der Waals surface area contributed by atoms with E-state index in [0.717, 1.165) is 14.0 Å². The standard InChI is InChI=1S/C23H16O6/c1-12(24)17-18(20(26)16-10-6-5-9-15(16)19(17)25)23(22(28)29-2)11-13-7-3-4-8-14(13)21(23)27/h3-10H,11H2,1-2H3. The van der Waals surface area contributed by atoms with Crippen LogP contribution >= 0.6 is 0 Å². The van der Waals surface area contributed by atoms with Crippen molar-refractivity contribution in [2.45, 2.75) is 13.3 Å². The summed E-state index contributed by atoms with van der Waals surface area (Å²) in [5.74, 6) is -3.64. The zero-order valence-corrected chi connectivity index (χ0v) is 15.8. The van der Waals surface area contributed by atoms with E-state index in [0.29, 0.717) is 5.56 Å². The van der Waals surface area contributed by atoms with Crippen molar-refractivity contribution in [2.24, 2.45) is 5.41 Å². The lowest BCUT2D eigenvalue weighted by Gasteiger charge is -2.31. The number of allylic oxidation sites excluding steroid dienone is 1. The molecule has 0 amide bonds. The van der Waals surface area contributed by atoms with Gasteiger partial charge in [0.2, 0.25) is 0 Å². The van der Waals surface area contributed by atoms with Gasteiger partial charge in [0, 0.05) is 28.7 Å². The maximum absolute atomic E-state index is 13.5. The first-order valence-electron chi connectivity index (χ1n) is 8.99. The van der Waals surface area contributed by atoms with Crippen LogP contribution in [0.2, 0.25) is 0 Å². The summed E-state index contributed by atoms with van der Waals surface area (Å²) >= 11 is 0. The normalized spacial score (nSPS) is 20.4. The number of carbonyl (C=O) groups excluding carboxylic acids is 5. The second kappa shape index (κ2) is 6.44. The number of hydrogen-bond acceptors (Lipinski definition) is 6. The Morgan fingerprint density at radius 1 is 0.862 bits per heavy atom. The third kappa shape index (κ3) is 2.38. The highest BCUT2D eigenvalue weighted by molar-refractivity contribution is 6.40. The molecule has 144 valence electrons. The average molecular weight is 388 g/mol. The molecule has 0 radical (unpaired) electrons. The van der Waals surface area contributed by atoms with Crippen LogP contribution in [0.4, 0.5) is 0 Å². The van der Waals surface area contributed by atoms with E-state index in [2.05, 4.69) is 0 Å². The summed E-state index contributed by atoms with van der Waals surface area (Å²) in [7, 11) is 1.11. The molecule has 0 aromatic heterocycles. The van der Waals surface area contributed by atoms with Crippen molar-refractivity contribution in [3.8, 4) is 0 Å². The van der Waals surface area contributed by atoms with Gasteiger partial charge in [0.15, 0.2) is 28.5 Å². The number of benzene rings is 2. The molecule has 2 aliphatic rings. The van der Waals surface area contributed by atoms with Crippen molar-refractivity contribution < 1.29 is 28.7 Å². The second-order valence-electron chi connectivity index (χ2n) is 7.07. The van der Waals surface area contributed by atoms with Gasteiger partial charge in [-0.05, 0) is 12.5 Å². The molecule has 6 nitrogen and oxygen atoms in total. The maximum Gasteiger partial charge on any atom is 0.324 e. The summed E-state index contributed by atoms with van der Waals surface area (Å²) in [5, 5.41) is 0. The molecule has 0 bridgehead atoms. The van der Waals surface area contributed by atoms with Gasteiger partial charge >= 0.3 is 5.97 Å². The van der Waals surface area contributed by atoms with Gasteiger partial charge in [0.1, 0.15) is 0 Å². The van der Waals surface area contributed by atoms with Gasteiger partial charge in [-0.1, -0.05) is 48.5 Å². The fraction of sp³-hybridized carbons (Fsp3) is 0.174. The number of carbonyl (C=O) groups is 5. The van der Waals surface area contributed by atoms with E-state index in [1.165, 1.54) is 12.1 Å². The molecule has 4 rings (SSSR count). The van der Waals surface area contributed by atoms with E-state index in [4.69, 9.17) is 4.74 Å². The third-order valence-corrected chi connectivity index (χ3v) is 5.54. The first kappa shape index (κ1) is 18.7. The Morgan fingerprint density at radius 3 is 1.97 bits per heavy atom. The highest BCUT2D eigenvalue weighted by atomic mass is 16.5. The lowest BCUT2D eigenvalue weighted by Crippen LogP contribution is -2.46. The second-order valence-corrected chi connectivity index (χ2v) is 7.07. The lowest BCUT2D eigenvalue weighted by molar-refractivity contribution is -0.147. The van der Waals surface area contributed by atoms with Crippen LogP contribution < -0.4 is 0 Å². The fourth-order valence-corrected chi connectivity index (χ4v) is 4.25. The van der Waals surface area contributed by atoms with E-state index in [1.54, 1.807) is 36.4 Å². The van der Waals surface area contributed by atoms with Crippen LogP contribution in [0.1, 0.15) is 43.6 Å². The molecule has 6 heteroatoms. The molecule has 0 spiro atoms. The van der Waals surface area contributed by atoms with Crippen molar-refractivity contribution in [3.05, 3.63) is 81.9 Å². The predicted octanol–water partition coefficient (Wildman–Crippen LogP) is 2.55. The van der Waals surface area contributed by atoms with Crippen LogP contribution in [0, 0.1) is 5.41 Å². The molecule has 0 aliphatic heterocycles. The Morgan fingerprint density at radius 2 is 1.41 bits per heavy atom. The summed E-state index contributed by atoms with van der Waals surface area (Å²) < 4.78 is 4.92. The molecule has 0 heterocycles. The molecule has 0 saturated heterocycles. The van der Waals surface area contributed by atoms with Gasteiger partial charge in [0.25, 0.3) is 0 Å². The zero-order valence-electron chi connectivity index (χ0n) is 15.8. The van der Waals surface area contributed by atoms with Crippen LogP contribution in [0.5, 0.6) is 0 Å². The first-order valence-corrected chi connectivity index (χ1v) is 8.99. The van der Waals surface area contributed by atoms with Crippen LogP contribution in [0.15, 0.2) is 59.7 Å². The molecule has 29 heavy (non-hydrogen) atoms. The van der Waals surface area contributed by atoms with Crippen LogP contribution in [0.25, 0.3) is 0 Å². The summed E-state index contributed by atoms with van der Waals surface area (Å²) in [6, 6.07) is 12.6. The molecule has 0 N–H and O–H groups in total. The quantitative estimate of drug-likeness (QED) is 0.456. The van der Waals surface area contributed by atoms with E-state index in [1.807, 2.05) is 0 Å². The topological polar surface area (TPSA) is 94.6 Å². The van der Waals surface area contributed by atoms with Crippen molar-refractivity contribution in [3.63, 3.8) is 0 Å². The number of esters is 1. The minimum Gasteiger partial charge on any atom is -0.468 e. The molecule has 2 aliphatic carbocycles. The van der Waals surface area contributed by atoms with Crippen LogP contribution in [-0.4, -0.2) is 36.2 Å². The molecule has 0 saturated carbocycles. The molecule has 0 fully saturated rings. The number of ether oxygens (including phenoxy) is 1. The summed E-state index contributed by atoms with van der Waals surface area (Å²) in [6.45, 7) is 1.14. The van der Waals surface area contributed by atoms with Gasteiger partial charge in [-0.3, -0.25) is 24.0 Å². The van der Waals surface area contributed by atoms with Gasteiger partial charge in [-0.15, -0.1) is 0 Å². The number of rotatable bonds is 3. The first-order chi connectivity index (χ1) is 13.8. The van der Waals surface area contributed by atoms with Gasteiger partial charge in [0.05, 0.1) is 12.7 Å². The number of ketones is 4. The van der Waals surface area contributed by atoms with Crippen LogP contribution in [-0.2, 0) is 20.7 Å². The highest BCUT2D eigenvalue weighted by Crippen LogP contribution is 2.47. The fourth-order valence-electron chi connectivity index (χ4n) is 4.25. The number of fused-ring (bicyclic) bond motifs is 2. The molecule has 1 atom stereocenters. The van der Waals surface area contributed by atoms with Crippen molar-refractivity contribution in [2.75, 3.05) is 7.11 Å². The predicted molar refractivity (Wildman–Crippen MR) is 102 cm³/mol. The van der Waals surface area contributed by atoms with Crippen molar-refractivity contribution in [1.82, 2.24) is 0 Å². The highest BCUT2D eigenvalue weighted by Gasteiger charge is 2.59. The minimum atomic E-state index is -2.07. The Balaban J connectivity index is 2.08. The Labute approximate surface area is 166 Å². The van der Waals surface area contributed by atoms with E-state index >= 15 is 0 Å². The van der Waals surface area contributed by atoms with E-state index in [9.17, 15) is 24.0 Å². The molecule has 2 aromatic rings. The Bertz CT molecular complexity index is 1170. The lowest BCUT2D eigenvalue weighted by atomic mass is 9.67. The Hall–Kier alpha value is -3.67. The maximum atomic E-state index is 13.5. The Kier molecular flexibility index (Phi) is 4.15. The number of methoxy groups -OCH3 is 1. The molecular weight excluding hydrogens is 372 g/mol. The summed E-state index contributed by atoms with van der Waals surface area (Å²) in [6.07, 6.45) is -0.151. The smallest absolute Gasteiger partial charge is 0.324 e. The summed E-state index contributed by atoms with van der Waals surface area (Å²) in [5.41, 5.74) is -1.93. The van der Waals surface area contributed by atoms with Gasteiger partial charge in [-0.2, -0.15) is 0 Å². The number of Topliss-reactive ketones (excluding diaryl/α,β-unsaturated/α-hetero) is 4. The van der Waals surface area contributed by atoms with Crippen molar-refractivity contribution in [1.29, 1.82) is 0 Å². The monoisotopic (exact) mass is 388 g/mol. The minimum absolute atomic E-state index is 0.0598. The molecule has 2 aromatic carbocycles. The SMILES string of the molecule is COC(=O)C1(C2=C(C(C)=O)C(=O)c3ccccc3C2=O)Cc2ccccc2C1=O. The van der Waals surface area contributed by atoms with Gasteiger partial charge < -0.3 is 4.74 Å². The van der Waals surface area contributed by atoms with Crippen molar-refractivity contribution >= 4 is 29.1 Å². The molecular formula is C23H16O6. The third-order valence-electron chi connectivity index (χ3n) is 5.54. The number of hydrogen-bond donors (Lipinski definition) is 0. The molecule has 1 unspecified atom stereocenters. The van der Waals surface area contributed by atoms with E-state index < -0.39 is 40.1 Å². The largest absolute Gasteiger partial charge is 0.468 e. The average Bonchev–Trinajstić information content (AvgIpc) is 3.03. The van der Waals surface area contributed by atoms with Crippen LogP contribution in [0.3, 0.4) is 0 Å². The zero-order chi connectivity index (χ0) is 20.9.